The summed E-state index contributed by atoms with van der Waals surface area (Å²) in [5.74, 6) is -0.794. The van der Waals surface area contributed by atoms with Crippen molar-refractivity contribution in [2.45, 2.75) is 6.92 Å². The third-order valence-corrected chi connectivity index (χ3v) is 4.31. The van der Waals surface area contributed by atoms with E-state index in [1.807, 2.05) is 19.1 Å². The van der Waals surface area contributed by atoms with Gasteiger partial charge in [0.25, 0.3) is 0 Å². The first-order chi connectivity index (χ1) is 11.0. The van der Waals surface area contributed by atoms with Crippen molar-refractivity contribution < 1.29 is 8.78 Å². The van der Waals surface area contributed by atoms with Crippen LogP contribution in [0.2, 0.25) is 10.0 Å². The van der Waals surface area contributed by atoms with E-state index >= 15 is 0 Å². The number of aryl methyl sites for hydroxylation is 1. The van der Waals surface area contributed by atoms with Crippen LogP contribution < -0.4 is 0 Å². The van der Waals surface area contributed by atoms with E-state index in [1.165, 1.54) is 18.2 Å². The molecule has 0 heterocycles. The second kappa shape index (κ2) is 6.31. The molecule has 0 spiro atoms. The maximum Gasteiger partial charge on any atom is 0.132 e. The van der Waals surface area contributed by atoms with Gasteiger partial charge in [0.05, 0.1) is 5.02 Å². The summed E-state index contributed by atoms with van der Waals surface area (Å²) >= 11 is 12.3. The van der Waals surface area contributed by atoms with Crippen LogP contribution in [-0.4, -0.2) is 0 Å². The molecule has 0 nitrogen and oxygen atoms in total. The lowest BCUT2D eigenvalue weighted by atomic mass is 9.94. The molecule has 3 rings (SSSR count). The Morgan fingerprint density at radius 3 is 2.26 bits per heavy atom. The topological polar surface area (TPSA) is 0 Å². The fourth-order valence-electron chi connectivity index (χ4n) is 2.57. The van der Waals surface area contributed by atoms with Crippen molar-refractivity contribution >= 4 is 23.2 Å². The van der Waals surface area contributed by atoms with E-state index in [4.69, 9.17) is 23.2 Å². The lowest BCUT2D eigenvalue weighted by Gasteiger charge is -2.14. The molecule has 116 valence electrons. The molecule has 0 N–H and O–H groups in total. The molecule has 0 saturated heterocycles. The summed E-state index contributed by atoms with van der Waals surface area (Å²) in [6.45, 7) is 1.85. The lowest BCUT2D eigenvalue weighted by molar-refractivity contribution is 0.628. The van der Waals surface area contributed by atoms with Gasteiger partial charge in [-0.2, -0.15) is 0 Å². The Bertz CT molecular complexity index is 889. The van der Waals surface area contributed by atoms with E-state index in [-0.39, 0.29) is 5.82 Å². The van der Waals surface area contributed by atoms with E-state index in [0.29, 0.717) is 32.3 Å². The van der Waals surface area contributed by atoms with Gasteiger partial charge >= 0.3 is 0 Å². The van der Waals surface area contributed by atoms with Crippen LogP contribution in [0.4, 0.5) is 8.78 Å². The molecule has 0 aliphatic heterocycles. The van der Waals surface area contributed by atoms with E-state index in [2.05, 4.69) is 0 Å². The first kappa shape index (κ1) is 16.0. The van der Waals surface area contributed by atoms with E-state index in [1.54, 1.807) is 24.3 Å². The predicted octanol–water partition coefficient (Wildman–Crippen LogP) is 6.91. The highest BCUT2D eigenvalue weighted by Gasteiger charge is 2.16. The van der Waals surface area contributed by atoms with Crippen LogP contribution in [0, 0.1) is 18.6 Å². The minimum absolute atomic E-state index is 0.321. The Balaban J connectivity index is 2.24. The standard InChI is InChI=1S/C19H12Cl2F2/c1-11-5-7-15(12-3-2-4-14(22)9-12)19(21)18(11)16-8-6-13(20)10-17(16)23/h2-10H,1H3. The number of hydrogen-bond acceptors (Lipinski definition) is 0. The zero-order valence-corrected chi connectivity index (χ0v) is 13.7. The maximum atomic E-state index is 14.3. The van der Waals surface area contributed by atoms with Crippen molar-refractivity contribution in [3.05, 3.63) is 81.8 Å². The Kier molecular flexibility index (Phi) is 4.38. The van der Waals surface area contributed by atoms with Crippen molar-refractivity contribution in [2.24, 2.45) is 0 Å². The van der Waals surface area contributed by atoms with Crippen LogP contribution in [0.15, 0.2) is 54.6 Å². The minimum Gasteiger partial charge on any atom is -0.207 e. The molecule has 4 heteroatoms. The van der Waals surface area contributed by atoms with Gasteiger partial charge in [-0.15, -0.1) is 0 Å². The van der Waals surface area contributed by atoms with Gasteiger partial charge in [0, 0.05) is 21.7 Å². The molecule has 0 amide bonds. The molecule has 0 bridgehead atoms. The van der Waals surface area contributed by atoms with E-state index in [9.17, 15) is 8.78 Å². The SMILES string of the molecule is Cc1ccc(-c2cccc(F)c2)c(Cl)c1-c1ccc(Cl)cc1F. The zero-order chi connectivity index (χ0) is 16.6. The predicted molar refractivity (Wildman–Crippen MR) is 92.0 cm³/mol. The fourth-order valence-corrected chi connectivity index (χ4v) is 3.16. The summed E-state index contributed by atoms with van der Waals surface area (Å²) in [4.78, 5) is 0. The zero-order valence-electron chi connectivity index (χ0n) is 12.2. The van der Waals surface area contributed by atoms with Gasteiger partial charge in [-0.3, -0.25) is 0 Å². The van der Waals surface area contributed by atoms with E-state index in [0.717, 1.165) is 5.56 Å². The highest BCUT2D eigenvalue weighted by atomic mass is 35.5. The minimum atomic E-state index is -0.445. The Labute approximate surface area is 143 Å². The number of benzene rings is 3. The monoisotopic (exact) mass is 348 g/mol. The van der Waals surface area contributed by atoms with Gasteiger partial charge in [-0.1, -0.05) is 47.5 Å². The molecule has 0 radical (unpaired) electrons. The number of rotatable bonds is 2. The van der Waals surface area contributed by atoms with Gasteiger partial charge in [-0.05, 0) is 48.4 Å². The normalized spacial score (nSPS) is 10.8. The van der Waals surface area contributed by atoms with Gasteiger partial charge in [-0.25, -0.2) is 8.78 Å². The smallest absolute Gasteiger partial charge is 0.132 e. The third-order valence-electron chi connectivity index (χ3n) is 3.69. The molecular weight excluding hydrogens is 337 g/mol. The third kappa shape index (κ3) is 3.10. The first-order valence-electron chi connectivity index (χ1n) is 6.98. The molecule has 0 aliphatic carbocycles. The summed E-state index contributed by atoms with van der Waals surface area (Å²) in [7, 11) is 0. The average molecular weight is 349 g/mol. The summed E-state index contributed by atoms with van der Waals surface area (Å²) in [6.07, 6.45) is 0. The van der Waals surface area contributed by atoms with Crippen molar-refractivity contribution in [3.8, 4) is 22.3 Å². The van der Waals surface area contributed by atoms with E-state index < -0.39 is 5.82 Å². The first-order valence-corrected chi connectivity index (χ1v) is 7.73. The van der Waals surface area contributed by atoms with Crippen molar-refractivity contribution in [1.82, 2.24) is 0 Å². The molecule has 0 unspecified atom stereocenters. The van der Waals surface area contributed by atoms with Gasteiger partial charge < -0.3 is 0 Å². The van der Waals surface area contributed by atoms with Crippen LogP contribution in [0.5, 0.6) is 0 Å². The highest BCUT2D eigenvalue weighted by Crippen LogP contribution is 2.40. The van der Waals surface area contributed by atoms with Crippen molar-refractivity contribution in [1.29, 1.82) is 0 Å². The van der Waals surface area contributed by atoms with Crippen molar-refractivity contribution in [3.63, 3.8) is 0 Å². The summed E-state index contributed by atoms with van der Waals surface area (Å²) in [5, 5.41) is 0.707. The van der Waals surface area contributed by atoms with Crippen LogP contribution in [0.3, 0.4) is 0 Å². The molecule has 3 aromatic rings. The molecular formula is C19H12Cl2F2. The molecule has 0 aromatic heterocycles. The largest absolute Gasteiger partial charge is 0.207 e. The Hall–Kier alpha value is -1.90. The van der Waals surface area contributed by atoms with Gasteiger partial charge in [0.1, 0.15) is 11.6 Å². The molecule has 0 aliphatic rings. The molecule has 0 saturated carbocycles. The molecule has 0 atom stereocenters. The summed E-state index contributed by atoms with van der Waals surface area (Å²) in [6, 6.07) is 14.3. The summed E-state index contributed by atoms with van der Waals surface area (Å²) < 4.78 is 27.8. The fraction of sp³-hybridized carbons (Fsp3) is 0.0526. The Morgan fingerprint density at radius 1 is 0.826 bits per heavy atom. The maximum absolute atomic E-state index is 14.3. The second-order valence-corrected chi connectivity index (χ2v) is 6.07. The average Bonchev–Trinajstić information content (AvgIpc) is 2.49. The van der Waals surface area contributed by atoms with Crippen molar-refractivity contribution in [2.75, 3.05) is 0 Å². The molecule has 23 heavy (non-hydrogen) atoms. The summed E-state index contributed by atoms with van der Waals surface area (Å²) in [5.41, 5.74) is 3.08. The van der Waals surface area contributed by atoms with Gasteiger partial charge in [0.2, 0.25) is 0 Å². The van der Waals surface area contributed by atoms with Crippen LogP contribution >= 0.6 is 23.2 Å². The molecule has 0 fully saturated rings. The highest BCUT2D eigenvalue weighted by molar-refractivity contribution is 6.36. The lowest BCUT2D eigenvalue weighted by Crippen LogP contribution is -1.92. The second-order valence-electron chi connectivity index (χ2n) is 5.25. The number of hydrogen-bond donors (Lipinski definition) is 0. The molecule has 3 aromatic carbocycles. The van der Waals surface area contributed by atoms with Crippen LogP contribution in [-0.2, 0) is 0 Å². The van der Waals surface area contributed by atoms with Crippen LogP contribution in [0.1, 0.15) is 5.56 Å². The van der Waals surface area contributed by atoms with Crippen LogP contribution in [0.25, 0.3) is 22.3 Å². The van der Waals surface area contributed by atoms with Gasteiger partial charge in [0.15, 0.2) is 0 Å². The quantitative estimate of drug-likeness (QED) is 0.471. The Morgan fingerprint density at radius 2 is 1.57 bits per heavy atom. The number of halogens is 4.